The van der Waals surface area contributed by atoms with Crippen molar-refractivity contribution in [3.63, 3.8) is 0 Å². The minimum Gasteiger partial charge on any atom is -0.346 e. The van der Waals surface area contributed by atoms with Crippen LogP contribution < -0.4 is 21.3 Å². The smallest absolute Gasteiger partial charge is 0.315 e. The number of piperidine rings is 1. The van der Waals surface area contributed by atoms with Crippen LogP contribution in [0, 0.1) is 22.7 Å². The molecule has 3 fully saturated rings. The first kappa shape index (κ1) is 39.1. The Morgan fingerprint density at radius 3 is 2.24 bits per heavy atom. The van der Waals surface area contributed by atoms with Crippen LogP contribution in [0.5, 0.6) is 0 Å². The molecular formula is C37H55N5O7S. The first-order valence-corrected chi connectivity index (χ1v) is 19.4. The normalized spacial score (nSPS) is 23.4. The first-order valence-electron chi connectivity index (χ1n) is 17.8. The molecule has 13 heteroatoms. The van der Waals surface area contributed by atoms with Gasteiger partial charge in [0.15, 0.2) is 9.84 Å². The molecule has 0 bridgehead atoms. The van der Waals surface area contributed by atoms with E-state index in [9.17, 15) is 32.4 Å². The summed E-state index contributed by atoms with van der Waals surface area (Å²) in [6, 6.07) is 4.52. The number of ketones is 1. The minimum absolute atomic E-state index is 0.0431. The number of hydrogen-bond donors (Lipinski definition) is 4. The lowest BCUT2D eigenvalue weighted by Crippen LogP contribution is -2.63. The van der Waals surface area contributed by atoms with Crippen LogP contribution in [-0.4, -0.2) is 85.4 Å². The van der Waals surface area contributed by atoms with Crippen LogP contribution in [-0.2, 0) is 29.0 Å². The Bertz CT molecular complexity index is 1560. The molecule has 4 N–H and O–H groups in total. The summed E-state index contributed by atoms with van der Waals surface area (Å²) < 4.78 is 26.9. The Labute approximate surface area is 296 Å². The van der Waals surface area contributed by atoms with Gasteiger partial charge in [-0.1, -0.05) is 91.5 Å². The van der Waals surface area contributed by atoms with E-state index in [1.807, 2.05) is 41.5 Å². The van der Waals surface area contributed by atoms with Gasteiger partial charge in [0, 0.05) is 13.1 Å². The van der Waals surface area contributed by atoms with Gasteiger partial charge in [0.25, 0.3) is 5.91 Å². The molecule has 1 aromatic carbocycles. The zero-order valence-electron chi connectivity index (χ0n) is 30.3. The molecule has 5 atom stereocenters. The van der Waals surface area contributed by atoms with E-state index in [-0.39, 0.29) is 40.9 Å². The number of nitrogens with zero attached hydrogens (tertiary/aromatic N) is 1. The molecule has 1 aliphatic heterocycles. The highest BCUT2D eigenvalue weighted by molar-refractivity contribution is 7.91. The Morgan fingerprint density at radius 1 is 1.02 bits per heavy atom. The molecule has 0 radical (unpaired) electrons. The molecule has 50 heavy (non-hydrogen) atoms. The number of rotatable bonds is 14. The zero-order valence-corrected chi connectivity index (χ0v) is 31.2. The monoisotopic (exact) mass is 713 g/mol. The fourth-order valence-electron chi connectivity index (χ4n) is 7.87. The number of carbonyl (C=O) groups is 5. The van der Waals surface area contributed by atoms with Crippen molar-refractivity contribution in [2.24, 2.45) is 22.7 Å². The maximum absolute atomic E-state index is 14.4. The Morgan fingerprint density at radius 2 is 1.66 bits per heavy atom. The molecule has 0 spiro atoms. The lowest BCUT2D eigenvalue weighted by atomic mass is 9.83. The summed E-state index contributed by atoms with van der Waals surface area (Å²) in [5.41, 5.74) is -2.01. The topological polar surface area (TPSA) is 171 Å². The maximum atomic E-state index is 14.4. The molecule has 2 saturated carbocycles. The largest absolute Gasteiger partial charge is 0.346 e. The number of hydrogen-bond acceptors (Lipinski definition) is 7. The predicted molar refractivity (Wildman–Crippen MR) is 191 cm³/mol. The van der Waals surface area contributed by atoms with Crippen LogP contribution >= 0.6 is 0 Å². The molecule has 1 saturated heterocycles. The number of likely N-dealkylation sites (tertiary alicyclic amines) is 1. The zero-order chi connectivity index (χ0) is 37.1. The molecule has 2 aliphatic carbocycles. The van der Waals surface area contributed by atoms with Crippen molar-refractivity contribution in [2.75, 3.05) is 18.8 Å². The number of sulfone groups is 1. The summed E-state index contributed by atoms with van der Waals surface area (Å²) in [6.07, 6.45) is 5.65. The van der Waals surface area contributed by atoms with Gasteiger partial charge in [0.05, 0.1) is 22.2 Å². The second kappa shape index (κ2) is 15.2. The molecular weight excluding hydrogens is 659 g/mol. The number of carbonyl (C=O) groups excluding carboxylic acids is 5. The van der Waals surface area contributed by atoms with E-state index in [4.69, 9.17) is 0 Å². The number of benzene rings is 1. The molecule has 12 nitrogen and oxygen atoms in total. The van der Waals surface area contributed by atoms with Crippen LogP contribution in [0.3, 0.4) is 0 Å². The molecule has 3 unspecified atom stereocenters. The van der Waals surface area contributed by atoms with Crippen molar-refractivity contribution < 1.29 is 32.4 Å². The van der Waals surface area contributed by atoms with Crippen LogP contribution in [0.1, 0.15) is 86.5 Å². The van der Waals surface area contributed by atoms with Gasteiger partial charge in [-0.15, -0.1) is 6.58 Å². The van der Waals surface area contributed by atoms with E-state index >= 15 is 0 Å². The second-order valence-corrected chi connectivity index (χ2v) is 17.9. The van der Waals surface area contributed by atoms with E-state index in [2.05, 4.69) is 27.8 Å². The van der Waals surface area contributed by atoms with Crippen LogP contribution in [0.2, 0.25) is 0 Å². The van der Waals surface area contributed by atoms with Crippen molar-refractivity contribution in [3.05, 3.63) is 43.0 Å². The summed E-state index contributed by atoms with van der Waals surface area (Å²) >= 11 is 0. The molecule has 1 aromatic rings. The molecule has 5 amide bonds. The van der Waals surface area contributed by atoms with Gasteiger partial charge in [0.2, 0.25) is 17.6 Å². The number of Topliss-reactive ketones (excluding diaryl/α,β-unsaturated/α-hetero) is 1. The van der Waals surface area contributed by atoms with Gasteiger partial charge in [-0.25, -0.2) is 13.2 Å². The summed E-state index contributed by atoms with van der Waals surface area (Å²) in [7, 11) is -3.73. The van der Waals surface area contributed by atoms with Crippen molar-refractivity contribution in [1.82, 2.24) is 26.2 Å². The van der Waals surface area contributed by atoms with Gasteiger partial charge in [-0.05, 0) is 54.1 Å². The van der Waals surface area contributed by atoms with E-state index in [1.54, 1.807) is 30.3 Å². The first-order chi connectivity index (χ1) is 23.4. The standard InChI is InChI=1S/C37H55N5O7S/c1-8-16-26(29(43)32(45)38-21-9-2)39-31(44)28-27-25(36(27,6)7)22-42(28)33(46)30(35(3,4)5)40-34(47)41-37(19-14-11-15-20-37)23-50(48,49)24-17-12-10-13-18-24/h9-10,12-13,17-18,25-28,30H,2,8,11,14-16,19-23H2,1,3-7H3,(H,38,45)(H,39,44)(H2,40,41,47)/t25?,26?,27?,28-,30+/m0/s1. The third-order valence-corrected chi connectivity index (χ3v) is 12.7. The third kappa shape index (κ3) is 8.58. The molecule has 0 aromatic heterocycles. The Balaban J connectivity index is 1.55. The fourth-order valence-corrected chi connectivity index (χ4v) is 9.70. The van der Waals surface area contributed by atoms with Crippen molar-refractivity contribution in [2.45, 2.75) is 115 Å². The average molecular weight is 714 g/mol. The Kier molecular flexibility index (Phi) is 11.9. The summed E-state index contributed by atoms with van der Waals surface area (Å²) in [4.78, 5) is 69.4. The predicted octanol–water partition coefficient (Wildman–Crippen LogP) is 3.52. The summed E-state index contributed by atoms with van der Waals surface area (Å²) in [5, 5.41) is 11.1. The summed E-state index contributed by atoms with van der Waals surface area (Å²) in [6.45, 7) is 15.3. The average Bonchev–Trinajstić information content (AvgIpc) is 3.36. The van der Waals surface area contributed by atoms with E-state index in [1.165, 1.54) is 11.0 Å². The number of urea groups is 1. The lowest BCUT2D eigenvalue weighted by Gasteiger charge is -2.40. The lowest BCUT2D eigenvalue weighted by molar-refractivity contribution is -0.145. The van der Waals surface area contributed by atoms with Gasteiger partial charge < -0.3 is 26.2 Å². The minimum atomic E-state index is -3.73. The maximum Gasteiger partial charge on any atom is 0.315 e. The van der Waals surface area contributed by atoms with Crippen molar-refractivity contribution >= 4 is 39.4 Å². The highest BCUT2D eigenvalue weighted by Crippen LogP contribution is 2.65. The molecule has 276 valence electrons. The SMILES string of the molecule is C=CCNC(=O)C(=O)C(CCC)NC(=O)[C@@H]1C2C(CN1C(=O)[C@@H](NC(=O)NC1(CS(=O)(=O)c3ccccc3)CCCCC1)C(C)(C)C)C2(C)C. The molecule has 3 aliphatic rings. The summed E-state index contributed by atoms with van der Waals surface area (Å²) in [5.74, 6) is -2.91. The van der Waals surface area contributed by atoms with Gasteiger partial charge >= 0.3 is 6.03 Å². The van der Waals surface area contributed by atoms with E-state index in [0.717, 1.165) is 19.3 Å². The number of nitrogens with one attached hydrogen (secondary N) is 4. The van der Waals surface area contributed by atoms with Crippen LogP contribution in [0.4, 0.5) is 4.79 Å². The quantitative estimate of drug-likeness (QED) is 0.169. The van der Waals surface area contributed by atoms with E-state index in [0.29, 0.717) is 25.8 Å². The van der Waals surface area contributed by atoms with Crippen molar-refractivity contribution in [1.29, 1.82) is 0 Å². The number of amides is 5. The van der Waals surface area contributed by atoms with Gasteiger partial charge in [0.1, 0.15) is 12.1 Å². The van der Waals surface area contributed by atoms with Crippen LogP contribution in [0.25, 0.3) is 0 Å². The Hall–Kier alpha value is -3.74. The number of fused-ring (bicyclic) bond motifs is 1. The fraction of sp³-hybridized carbons (Fsp3) is 0.649. The second-order valence-electron chi connectivity index (χ2n) is 15.9. The third-order valence-electron chi connectivity index (χ3n) is 10.7. The van der Waals surface area contributed by atoms with Gasteiger partial charge in [-0.3, -0.25) is 19.2 Å². The van der Waals surface area contributed by atoms with Crippen LogP contribution in [0.15, 0.2) is 47.9 Å². The van der Waals surface area contributed by atoms with Gasteiger partial charge in [-0.2, -0.15) is 0 Å². The van der Waals surface area contributed by atoms with Crippen molar-refractivity contribution in [3.8, 4) is 0 Å². The molecule has 4 rings (SSSR count). The molecule has 1 heterocycles. The highest BCUT2D eigenvalue weighted by Gasteiger charge is 2.70. The van der Waals surface area contributed by atoms with E-state index < -0.39 is 68.5 Å². The highest BCUT2D eigenvalue weighted by atomic mass is 32.2.